The molecular formula is C18H14ClF3N4O3. The van der Waals surface area contributed by atoms with Crippen molar-refractivity contribution in [3.8, 4) is 0 Å². The monoisotopic (exact) mass is 426 g/mol. The van der Waals surface area contributed by atoms with E-state index in [1.54, 1.807) is 0 Å². The van der Waals surface area contributed by atoms with Crippen molar-refractivity contribution in [2.24, 2.45) is 10.1 Å². The molecule has 1 atom stereocenters. The molecule has 2 aromatic carbocycles. The Kier molecular flexibility index (Phi) is 5.76. The third kappa shape index (κ3) is 4.03. The molecule has 1 heterocycles. The Morgan fingerprint density at radius 3 is 2.59 bits per heavy atom. The predicted octanol–water partition coefficient (Wildman–Crippen LogP) is 3.36. The van der Waals surface area contributed by atoms with Crippen LogP contribution in [-0.2, 0) is 15.4 Å². The lowest BCUT2D eigenvalue weighted by atomic mass is 10.0. The first-order valence-electron chi connectivity index (χ1n) is 8.10. The maximum absolute atomic E-state index is 13.9. The summed E-state index contributed by atoms with van der Waals surface area (Å²) in [5, 5.41) is 5.60. The number of hydrogen-bond acceptors (Lipinski definition) is 6. The highest BCUT2D eigenvalue weighted by atomic mass is 35.5. The Morgan fingerprint density at radius 2 is 1.97 bits per heavy atom. The lowest BCUT2D eigenvalue weighted by Gasteiger charge is -2.27. The molecule has 11 heteroatoms. The molecule has 0 fully saturated rings. The summed E-state index contributed by atoms with van der Waals surface area (Å²) < 4.78 is 41.6. The zero-order valence-electron chi connectivity index (χ0n) is 14.8. The highest BCUT2D eigenvalue weighted by molar-refractivity contribution is 6.31. The van der Waals surface area contributed by atoms with Gasteiger partial charge in [0.15, 0.2) is 5.84 Å². The summed E-state index contributed by atoms with van der Waals surface area (Å²) in [4.78, 5) is 25.0. The van der Waals surface area contributed by atoms with Gasteiger partial charge in [-0.25, -0.2) is 15.3 Å². The van der Waals surface area contributed by atoms with Gasteiger partial charge in [0, 0.05) is 21.7 Å². The van der Waals surface area contributed by atoms with Crippen LogP contribution in [0, 0.1) is 0 Å². The normalized spacial score (nSPS) is 19.0. The predicted molar refractivity (Wildman–Crippen MR) is 99.4 cm³/mol. The van der Waals surface area contributed by atoms with Gasteiger partial charge in [0.25, 0.3) is 5.91 Å². The van der Waals surface area contributed by atoms with Gasteiger partial charge < -0.3 is 10.2 Å². The molecule has 0 saturated heterocycles. The molecule has 0 bridgehead atoms. The van der Waals surface area contributed by atoms with Gasteiger partial charge in [0.05, 0.1) is 0 Å². The number of aliphatic imine (C=N–C) groups is 1. The van der Waals surface area contributed by atoms with Crippen molar-refractivity contribution >= 4 is 29.7 Å². The summed E-state index contributed by atoms with van der Waals surface area (Å²) in [5.74, 6) is -0.634. The van der Waals surface area contributed by atoms with Crippen LogP contribution >= 0.6 is 11.6 Å². The molecule has 7 nitrogen and oxygen atoms in total. The van der Waals surface area contributed by atoms with Gasteiger partial charge in [0.1, 0.15) is 13.4 Å². The second-order valence-electron chi connectivity index (χ2n) is 5.75. The number of amidine groups is 1. The Morgan fingerprint density at radius 1 is 1.28 bits per heavy atom. The molecule has 1 amide bonds. The second-order valence-corrected chi connectivity index (χ2v) is 6.16. The first kappa shape index (κ1) is 20.6. The number of nitrogens with one attached hydrogen (secondary N) is 2. The van der Waals surface area contributed by atoms with E-state index in [-0.39, 0.29) is 27.5 Å². The molecule has 1 aliphatic heterocycles. The topological polar surface area (TPSA) is 84.3 Å². The minimum absolute atomic E-state index is 0.138. The van der Waals surface area contributed by atoms with E-state index in [0.29, 0.717) is 0 Å². The fourth-order valence-electron chi connectivity index (χ4n) is 2.57. The van der Waals surface area contributed by atoms with E-state index >= 15 is 0 Å². The average Bonchev–Trinajstić information content (AvgIpc) is 3.15. The summed E-state index contributed by atoms with van der Waals surface area (Å²) in [5.41, 5.74) is -0.579. The Balaban J connectivity index is 1.92. The summed E-state index contributed by atoms with van der Waals surface area (Å²) >= 11 is 5.96. The van der Waals surface area contributed by atoms with Crippen LogP contribution in [0.2, 0.25) is 5.02 Å². The third-order valence-electron chi connectivity index (χ3n) is 3.96. The Labute approximate surface area is 168 Å². The Hall–Kier alpha value is -3.11. The van der Waals surface area contributed by atoms with Crippen LogP contribution in [0.15, 0.2) is 58.7 Å². The molecule has 2 aromatic rings. The van der Waals surface area contributed by atoms with E-state index < -0.39 is 17.8 Å². The van der Waals surface area contributed by atoms with E-state index in [2.05, 4.69) is 25.8 Å². The van der Waals surface area contributed by atoms with Crippen molar-refractivity contribution in [2.45, 2.75) is 11.9 Å². The number of halogens is 4. The van der Waals surface area contributed by atoms with Crippen LogP contribution in [0.3, 0.4) is 0 Å². The van der Waals surface area contributed by atoms with Gasteiger partial charge in [-0.3, -0.25) is 4.79 Å². The minimum atomic E-state index is -4.88. The quantitative estimate of drug-likeness (QED) is 0.436. The first-order chi connectivity index (χ1) is 13.8. The number of hydrogen-bond donors (Lipinski definition) is 2. The summed E-state index contributed by atoms with van der Waals surface area (Å²) in [6, 6.07) is 11.1. The number of carbonyl (C=O) groups is 1. The molecule has 3 rings (SSSR count). The van der Waals surface area contributed by atoms with E-state index in [1.165, 1.54) is 55.6 Å². The van der Waals surface area contributed by atoms with Crippen molar-refractivity contribution in [3.63, 3.8) is 0 Å². The molecule has 1 unspecified atom stereocenters. The van der Waals surface area contributed by atoms with Gasteiger partial charge in [-0.15, -0.1) is 0 Å². The van der Waals surface area contributed by atoms with E-state index in [4.69, 9.17) is 16.4 Å². The molecule has 2 N–H and O–H groups in total. The van der Waals surface area contributed by atoms with Gasteiger partial charge >= 0.3 is 11.9 Å². The summed E-state index contributed by atoms with van der Waals surface area (Å²) in [6.07, 6.45) is -3.82. The van der Waals surface area contributed by atoms with Crippen molar-refractivity contribution in [1.82, 2.24) is 10.8 Å². The Bertz CT molecular complexity index is 964. The number of alkyl halides is 3. The smallest absolute Gasteiger partial charge is 0.398 e. The maximum Gasteiger partial charge on any atom is 0.445 e. The molecule has 152 valence electrons. The second kappa shape index (κ2) is 8.10. The van der Waals surface area contributed by atoms with Crippen LogP contribution in [0.4, 0.5) is 13.2 Å². The highest BCUT2D eigenvalue weighted by Crippen LogP contribution is 2.47. The van der Waals surface area contributed by atoms with Crippen LogP contribution in [-0.4, -0.2) is 31.4 Å². The van der Waals surface area contributed by atoms with Crippen molar-refractivity contribution < 1.29 is 27.6 Å². The molecule has 0 aromatic heterocycles. The molecule has 1 aliphatic rings. The van der Waals surface area contributed by atoms with Crippen LogP contribution in [0.25, 0.3) is 0 Å². The van der Waals surface area contributed by atoms with Gasteiger partial charge in [-0.05, 0) is 18.2 Å². The lowest BCUT2D eigenvalue weighted by Crippen LogP contribution is -2.42. The van der Waals surface area contributed by atoms with Crippen LogP contribution in [0.5, 0.6) is 0 Å². The molecule has 0 aliphatic carbocycles. The summed E-state index contributed by atoms with van der Waals surface area (Å²) in [7, 11) is 1.32. The number of amides is 1. The van der Waals surface area contributed by atoms with Crippen molar-refractivity contribution in [3.05, 3.63) is 70.2 Å². The number of hydroxylamine groups is 1. The van der Waals surface area contributed by atoms with E-state index in [0.717, 1.165) is 6.34 Å². The van der Waals surface area contributed by atoms with E-state index in [9.17, 15) is 18.0 Å². The van der Waals surface area contributed by atoms with Crippen molar-refractivity contribution in [1.29, 1.82) is 0 Å². The zero-order chi connectivity index (χ0) is 21.1. The highest BCUT2D eigenvalue weighted by Gasteiger charge is 2.62. The molecular weight excluding hydrogens is 413 g/mol. The number of benzene rings is 2. The zero-order valence-corrected chi connectivity index (χ0v) is 15.6. The fraction of sp³-hybridized carbons (Fsp3) is 0.167. The molecule has 0 radical (unpaired) electrons. The number of carbonyl (C=O) groups excluding carboxylic acids is 1. The fourth-order valence-corrected chi connectivity index (χ4v) is 2.84. The number of rotatable bonds is 5. The average molecular weight is 427 g/mol. The standard InChI is InChI=1S/C18H14ClF3N4O3/c1-28-24-10-23-16(27)12-8-6-11(7-9-12)15-25-17(29-26-15,18(20,21)22)13-4-2-3-5-14(13)19/h2-10H,1H3,(H,25,26)(H,23,24,27). The van der Waals surface area contributed by atoms with Crippen molar-refractivity contribution in [2.75, 3.05) is 7.11 Å². The van der Waals surface area contributed by atoms with Gasteiger partial charge in [-0.1, -0.05) is 47.1 Å². The maximum atomic E-state index is 13.9. The third-order valence-corrected chi connectivity index (χ3v) is 4.29. The minimum Gasteiger partial charge on any atom is -0.398 e. The van der Waals surface area contributed by atoms with Crippen LogP contribution in [0.1, 0.15) is 21.5 Å². The largest absolute Gasteiger partial charge is 0.445 e. The van der Waals surface area contributed by atoms with Gasteiger partial charge in [0.2, 0.25) is 0 Å². The summed E-state index contributed by atoms with van der Waals surface area (Å²) in [6.45, 7) is 0. The van der Waals surface area contributed by atoms with Gasteiger partial charge in [-0.2, -0.15) is 13.2 Å². The number of oxime groups is 1. The van der Waals surface area contributed by atoms with E-state index in [1.807, 2.05) is 0 Å². The first-order valence-corrected chi connectivity index (χ1v) is 8.48. The number of nitrogens with zero attached hydrogens (tertiary/aromatic N) is 2. The lowest BCUT2D eigenvalue weighted by molar-refractivity contribution is -0.285. The molecule has 0 spiro atoms. The SMILES string of the molecule is CO/N=C\NC(=O)c1ccc(C2=NC(c3ccccc3Cl)(C(F)(F)F)ON2)cc1. The molecule has 0 saturated carbocycles. The molecule has 29 heavy (non-hydrogen) atoms. The van der Waals surface area contributed by atoms with Crippen LogP contribution < -0.4 is 10.8 Å².